The van der Waals surface area contributed by atoms with Crippen LogP contribution in [0.3, 0.4) is 0 Å². The molecule has 1 heterocycles. The van der Waals surface area contributed by atoms with E-state index >= 15 is 0 Å². The lowest BCUT2D eigenvalue weighted by molar-refractivity contribution is -0.137. The summed E-state index contributed by atoms with van der Waals surface area (Å²) in [4.78, 5) is 10.4. The number of carbonyl (C=O) groups is 1. The van der Waals surface area contributed by atoms with Crippen LogP contribution in [-0.2, 0) is 11.2 Å². The molecule has 0 aliphatic carbocycles. The summed E-state index contributed by atoms with van der Waals surface area (Å²) in [6.45, 7) is 4.18. The molecule has 1 unspecified atom stereocenters. The standard InChI is InChI=1S/C11H18N2O3/c1-7(2)5-9(12)10-6-8(16-13-10)3-4-11(14)15/h6-7,9H,3-5,12H2,1-2H3,(H,14,15). The molecule has 1 atom stereocenters. The Bertz CT molecular complexity index is 347. The number of carboxylic acids is 1. The highest BCUT2D eigenvalue weighted by Crippen LogP contribution is 2.19. The predicted octanol–water partition coefficient (Wildman–Crippen LogP) is 1.74. The molecule has 0 aliphatic rings. The highest BCUT2D eigenvalue weighted by atomic mass is 16.5. The minimum Gasteiger partial charge on any atom is -0.481 e. The summed E-state index contributed by atoms with van der Waals surface area (Å²) in [7, 11) is 0. The largest absolute Gasteiger partial charge is 0.481 e. The van der Waals surface area contributed by atoms with Crippen LogP contribution in [0.25, 0.3) is 0 Å². The third-order valence-corrected chi connectivity index (χ3v) is 2.27. The highest BCUT2D eigenvalue weighted by molar-refractivity contribution is 5.66. The Balaban J connectivity index is 2.53. The number of nitrogens with zero attached hydrogens (tertiary/aromatic N) is 1. The molecule has 3 N–H and O–H groups in total. The summed E-state index contributed by atoms with van der Waals surface area (Å²) < 4.78 is 5.02. The van der Waals surface area contributed by atoms with E-state index in [1.54, 1.807) is 6.07 Å². The molecule has 90 valence electrons. The molecule has 1 aromatic heterocycles. The maximum Gasteiger partial charge on any atom is 0.303 e. The van der Waals surface area contributed by atoms with E-state index in [9.17, 15) is 4.79 Å². The van der Waals surface area contributed by atoms with Gasteiger partial charge in [0.1, 0.15) is 11.5 Å². The van der Waals surface area contributed by atoms with E-state index in [0.717, 1.165) is 6.42 Å². The third-order valence-electron chi connectivity index (χ3n) is 2.27. The van der Waals surface area contributed by atoms with E-state index < -0.39 is 5.97 Å². The zero-order chi connectivity index (χ0) is 12.1. The first-order valence-electron chi connectivity index (χ1n) is 5.42. The summed E-state index contributed by atoms with van der Waals surface area (Å²) in [5.74, 6) is 0.232. The molecule has 0 spiro atoms. The first-order chi connectivity index (χ1) is 7.49. The summed E-state index contributed by atoms with van der Waals surface area (Å²) in [5.41, 5.74) is 6.63. The van der Waals surface area contributed by atoms with Crippen molar-refractivity contribution in [2.75, 3.05) is 0 Å². The van der Waals surface area contributed by atoms with Crippen molar-refractivity contribution >= 4 is 5.97 Å². The van der Waals surface area contributed by atoms with Crippen LogP contribution in [0, 0.1) is 5.92 Å². The number of rotatable bonds is 6. The minimum atomic E-state index is -0.843. The van der Waals surface area contributed by atoms with Gasteiger partial charge in [-0.3, -0.25) is 4.79 Å². The van der Waals surface area contributed by atoms with E-state index in [2.05, 4.69) is 19.0 Å². The molecule has 16 heavy (non-hydrogen) atoms. The number of aromatic nitrogens is 1. The van der Waals surface area contributed by atoms with Gasteiger partial charge in [-0.2, -0.15) is 0 Å². The molecule has 0 fully saturated rings. The first-order valence-corrected chi connectivity index (χ1v) is 5.42. The Hall–Kier alpha value is -1.36. The fourth-order valence-electron chi connectivity index (χ4n) is 1.48. The Kier molecular flexibility index (Phi) is 4.49. The molecule has 1 aromatic rings. The van der Waals surface area contributed by atoms with Crippen molar-refractivity contribution in [2.45, 2.75) is 39.2 Å². The van der Waals surface area contributed by atoms with Gasteiger partial charge in [-0.05, 0) is 12.3 Å². The van der Waals surface area contributed by atoms with Crippen molar-refractivity contribution in [1.29, 1.82) is 0 Å². The van der Waals surface area contributed by atoms with Gasteiger partial charge in [0.05, 0.1) is 12.5 Å². The van der Waals surface area contributed by atoms with E-state index in [-0.39, 0.29) is 12.5 Å². The van der Waals surface area contributed by atoms with Crippen LogP contribution in [0.5, 0.6) is 0 Å². The topological polar surface area (TPSA) is 89.4 Å². The number of aliphatic carboxylic acids is 1. The van der Waals surface area contributed by atoms with Crippen LogP contribution >= 0.6 is 0 Å². The van der Waals surface area contributed by atoms with E-state index in [1.807, 2.05) is 0 Å². The van der Waals surface area contributed by atoms with E-state index in [4.69, 9.17) is 15.4 Å². The fraction of sp³-hybridized carbons (Fsp3) is 0.636. The SMILES string of the molecule is CC(C)CC(N)c1cc(CCC(=O)O)on1. The van der Waals surface area contributed by atoms with Gasteiger partial charge in [-0.25, -0.2) is 0 Å². The van der Waals surface area contributed by atoms with Gasteiger partial charge in [0.2, 0.25) is 0 Å². The Morgan fingerprint density at radius 2 is 2.31 bits per heavy atom. The van der Waals surface area contributed by atoms with Crippen LogP contribution in [0.4, 0.5) is 0 Å². The second-order valence-electron chi connectivity index (χ2n) is 4.35. The van der Waals surface area contributed by atoms with Gasteiger partial charge in [0.25, 0.3) is 0 Å². The highest BCUT2D eigenvalue weighted by Gasteiger charge is 2.14. The zero-order valence-corrected chi connectivity index (χ0v) is 9.64. The number of aryl methyl sites for hydroxylation is 1. The van der Waals surface area contributed by atoms with Crippen molar-refractivity contribution in [3.63, 3.8) is 0 Å². The van der Waals surface area contributed by atoms with Crippen molar-refractivity contribution in [3.05, 3.63) is 17.5 Å². The lowest BCUT2D eigenvalue weighted by atomic mass is 10.0. The van der Waals surface area contributed by atoms with Crippen molar-refractivity contribution in [2.24, 2.45) is 11.7 Å². The summed E-state index contributed by atoms with van der Waals surface area (Å²) in [5, 5.41) is 12.4. The van der Waals surface area contributed by atoms with Crippen LogP contribution in [0.15, 0.2) is 10.6 Å². The van der Waals surface area contributed by atoms with Gasteiger partial charge in [0, 0.05) is 12.5 Å². The number of carboxylic acid groups (broad SMARTS) is 1. The number of nitrogens with two attached hydrogens (primary N) is 1. The Morgan fingerprint density at radius 1 is 1.62 bits per heavy atom. The van der Waals surface area contributed by atoms with Crippen LogP contribution in [0.2, 0.25) is 0 Å². The first kappa shape index (κ1) is 12.7. The van der Waals surface area contributed by atoms with E-state index in [1.165, 1.54) is 0 Å². The molecule has 1 rings (SSSR count). The van der Waals surface area contributed by atoms with Gasteiger partial charge >= 0.3 is 5.97 Å². The van der Waals surface area contributed by atoms with Crippen molar-refractivity contribution < 1.29 is 14.4 Å². The Labute approximate surface area is 94.6 Å². The van der Waals surface area contributed by atoms with Crippen LogP contribution < -0.4 is 5.73 Å². The smallest absolute Gasteiger partial charge is 0.303 e. The van der Waals surface area contributed by atoms with Gasteiger partial charge in [-0.1, -0.05) is 19.0 Å². The second kappa shape index (κ2) is 5.65. The lowest BCUT2D eigenvalue weighted by Gasteiger charge is -2.09. The Morgan fingerprint density at radius 3 is 2.88 bits per heavy atom. The summed E-state index contributed by atoms with van der Waals surface area (Å²) in [6.07, 6.45) is 1.25. The molecule has 5 nitrogen and oxygen atoms in total. The molecule has 0 amide bonds. The minimum absolute atomic E-state index is 0.0497. The molecule has 0 radical (unpaired) electrons. The summed E-state index contributed by atoms with van der Waals surface area (Å²) >= 11 is 0. The molecular weight excluding hydrogens is 208 g/mol. The average Bonchev–Trinajstić information content (AvgIpc) is 2.61. The molecule has 5 heteroatoms. The molecule has 0 bridgehead atoms. The van der Waals surface area contributed by atoms with Crippen LogP contribution in [-0.4, -0.2) is 16.2 Å². The van der Waals surface area contributed by atoms with Gasteiger partial charge in [0.15, 0.2) is 0 Å². The average molecular weight is 226 g/mol. The molecule has 0 saturated heterocycles. The third kappa shape index (κ3) is 4.02. The van der Waals surface area contributed by atoms with Crippen LogP contribution in [0.1, 0.15) is 44.2 Å². The number of hydrogen-bond acceptors (Lipinski definition) is 4. The quantitative estimate of drug-likeness (QED) is 0.771. The maximum absolute atomic E-state index is 10.4. The molecular formula is C11H18N2O3. The van der Waals surface area contributed by atoms with Gasteiger partial charge < -0.3 is 15.4 Å². The monoisotopic (exact) mass is 226 g/mol. The lowest BCUT2D eigenvalue weighted by Crippen LogP contribution is -2.13. The summed E-state index contributed by atoms with van der Waals surface area (Å²) in [6, 6.07) is 1.61. The predicted molar refractivity (Wildman–Crippen MR) is 58.8 cm³/mol. The van der Waals surface area contributed by atoms with E-state index in [0.29, 0.717) is 23.8 Å². The maximum atomic E-state index is 10.4. The van der Waals surface area contributed by atoms with Gasteiger partial charge in [-0.15, -0.1) is 0 Å². The normalized spacial score (nSPS) is 13.0. The molecule has 0 saturated carbocycles. The zero-order valence-electron chi connectivity index (χ0n) is 9.64. The van der Waals surface area contributed by atoms with Crippen molar-refractivity contribution in [3.8, 4) is 0 Å². The molecule has 0 aliphatic heterocycles. The second-order valence-corrected chi connectivity index (χ2v) is 4.35. The fourth-order valence-corrected chi connectivity index (χ4v) is 1.48. The molecule has 0 aromatic carbocycles. The number of hydrogen-bond donors (Lipinski definition) is 2. The van der Waals surface area contributed by atoms with Crippen molar-refractivity contribution in [1.82, 2.24) is 5.16 Å².